The zero-order valence-corrected chi connectivity index (χ0v) is 11.9. The van der Waals surface area contributed by atoms with Gasteiger partial charge in [-0.05, 0) is 61.9 Å². The fourth-order valence-electron chi connectivity index (χ4n) is 3.04. The van der Waals surface area contributed by atoms with Gasteiger partial charge in [0.25, 0.3) is 0 Å². The van der Waals surface area contributed by atoms with Gasteiger partial charge in [0.2, 0.25) is 0 Å². The van der Waals surface area contributed by atoms with E-state index in [2.05, 4.69) is 39.0 Å². The van der Waals surface area contributed by atoms with Crippen LogP contribution in [0.15, 0.2) is 18.2 Å². The summed E-state index contributed by atoms with van der Waals surface area (Å²) in [6.45, 7) is 3.63. The number of nitrogens with zero attached hydrogens (tertiary/aromatic N) is 1. The van der Waals surface area contributed by atoms with Crippen molar-refractivity contribution >= 4 is 15.9 Å². The van der Waals surface area contributed by atoms with E-state index in [1.165, 1.54) is 50.8 Å². The van der Waals surface area contributed by atoms with Crippen LogP contribution in [0.2, 0.25) is 0 Å². The molecule has 3 rings (SSSR count). The Morgan fingerprint density at radius 3 is 2.71 bits per heavy atom. The van der Waals surface area contributed by atoms with E-state index < -0.39 is 0 Å². The Morgan fingerprint density at radius 1 is 1.12 bits per heavy atom. The third-order valence-corrected chi connectivity index (χ3v) is 5.00. The van der Waals surface area contributed by atoms with Gasteiger partial charge in [0.15, 0.2) is 0 Å². The first-order valence-electron chi connectivity index (χ1n) is 6.78. The highest BCUT2D eigenvalue weighted by atomic mass is 79.9. The van der Waals surface area contributed by atoms with Crippen LogP contribution >= 0.6 is 15.9 Å². The number of benzene rings is 1. The summed E-state index contributed by atoms with van der Waals surface area (Å²) in [7, 11) is 0. The molecule has 1 saturated heterocycles. The van der Waals surface area contributed by atoms with Crippen LogP contribution in [0.25, 0.3) is 0 Å². The lowest BCUT2D eigenvalue weighted by atomic mass is 10.0. The van der Waals surface area contributed by atoms with Gasteiger partial charge in [-0.25, -0.2) is 0 Å². The Kier molecular flexibility index (Phi) is 3.53. The number of alkyl halides is 1. The standard InChI is InChI=1S/C15H20BrN/c16-15-6-8-17(9-7-15)11-12-4-5-13-2-1-3-14(13)10-12/h4-5,10,15H,1-3,6-9,11H2. The molecule has 1 aliphatic heterocycles. The van der Waals surface area contributed by atoms with Gasteiger partial charge in [0.05, 0.1) is 0 Å². The number of likely N-dealkylation sites (tertiary alicyclic amines) is 1. The van der Waals surface area contributed by atoms with Crippen LogP contribution in [0.3, 0.4) is 0 Å². The van der Waals surface area contributed by atoms with Crippen molar-refractivity contribution < 1.29 is 0 Å². The molecule has 0 bridgehead atoms. The third kappa shape index (κ3) is 2.74. The second kappa shape index (κ2) is 5.11. The molecule has 2 heteroatoms. The van der Waals surface area contributed by atoms with Crippen molar-refractivity contribution in [3.05, 3.63) is 34.9 Å². The van der Waals surface area contributed by atoms with E-state index in [0.717, 1.165) is 11.4 Å². The van der Waals surface area contributed by atoms with Crippen LogP contribution in [0.5, 0.6) is 0 Å². The lowest BCUT2D eigenvalue weighted by Crippen LogP contribution is -2.33. The molecule has 1 heterocycles. The summed E-state index contributed by atoms with van der Waals surface area (Å²) in [5.74, 6) is 0. The number of hydrogen-bond acceptors (Lipinski definition) is 1. The predicted molar refractivity (Wildman–Crippen MR) is 75.7 cm³/mol. The Hall–Kier alpha value is -0.340. The maximum absolute atomic E-state index is 3.72. The van der Waals surface area contributed by atoms with Crippen LogP contribution in [-0.2, 0) is 19.4 Å². The van der Waals surface area contributed by atoms with Crippen LogP contribution in [0.1, 0.15) is 36.0 Å². The fourth-order valence-corrected chi connectivity index (χ4v) is 3.45. The van der Waals surface area contributed by atoms with Gasteiger partial charge in [0, 0.05) is 11.4 Å². The van der Waals surface area contributed by atoms with Crippen molar-refractivity contribution in [2.24, 2.45) is 0 Å². The van der Waals surface area contributed by atoms with E-state index in [-0.39, 0.29) is 0 Å². The molecule has 2 aliphatic rings. The minimum Gasteiger partial charge on any atom is -0.299 e. The molecule has 1 aromatic rings. The zero-order valence-electron chi connectivity index (χ0n) is 10.3. The molecule has 0 amide bonds. The van der Waals surface area contributed by atoms with E-state index in [0.29, 0.717) is 0 Å². The van der Waals surface area contributed by atoms with Crippen LogP contribution < -0.4 is 0 Å². The summed E-state index contributed by atoms with van der Waals surface area (Å²) in [4.78, 5) is 3.34. The lowest BCUT2D eigenvalue weighted by molar-refractivity contribution is 0.226. The van der Waals surface area contributed by atoms with E-state index in [4.69, 9.17) is 0 Å². The van der Waals surface area contributed by atoms with Crippen LogP contribution in [-0.4, -0.2) is 22.8 Å². The maximum atomic E-state index is 3.72. The van der Waals surface area contributed by atoms with E-state index in [1.54, 1.807) is 11.1 Å². The molecule has 0 aromatic heterocycles. The molecular formula is C15H20BrN. The zero-order chi connectivity index (χ0) is 11.7. The minimum absolute atomic E-state index is 0.749. The highest BCUT2D eigenvalue weighted by Crippen LogP contribution is 2.24. The third-order valence-electron chi connectivity index (χ3n) is 4.09. The summed E-state index contributed by atoms with van der Waals surface area (Å²) < 4.78 is 0. The predicted octanol–water partition coefficient (Wildman–Crippen LogP) is 3.53. The smallest absolute Gasteiger partial charge is 0.0233 e. The Labute approximate surface area is 112 Å². The second-order valence-corrected chi connectivity index (χ2v) is 6.70. The number of hydrogen-bond donors (Lipinski definition) is 0. The molecular weight excluding hydrogens is 274 g/mol. The highest BCUT2D eigenvalue weighted by molar-refractivity contribution is 9.09. The van der Waals surface area contributed by atoms with Gasteiger partial charge in [0.1, 0.15) is 0 Å². The van der Waals surface area contributed by atoms with Gasteiger partial charge < -0.3 is 0 Å². The Morgan fingerprint density at radius 2 is 1.88 bits per heavy atom. The van der Waals surface area contributed by atoms with Crippen molar-refractivity contribution in [3.63, 3.8) is 0 Å². The number of rotatable bonds is 2. The molecule has 1 nitrogen and oxygen atoms in total. The lowest BCUT2D eigenvalue weighted by Gasteiger charge is -2.29. The van der Waals surface area contributed by atoms with Crippen molar-refractivity contribution in [2.45, 2.75) is 43.5 Å². The van der Waals surface area contributed by atoms with Gasteiger partial charge in [-0.2, -0.15) is 0 Å². The molecule has 1 fully saturated rings. The topological polar surface area (TPSA) is 3.24 Å². The number of piperidine rings is 1. The molecule has 0 unspecified atom stereocenters. The highest BCUT2D eigenvalue weighted by Gasteiger charge is 2.17. The molecule has 0 N–H and O–H groups in total. The van der Waals surface area contributed by atoms with E-state index in [9.17, 15) is 0 Å². The average molecular weight is 294 g/mol. The molecule has 1 aliphatic carbocycles. The van der Waals surface area contributed by atoms with Gasteiger partial charge in [-0.3, -0.25) is 4.90 Å². The molecule has 0 atom stereocenters. The normalized spacial score (nSPS) is 21.7. The van der Waals surface area contributed by atoms with Crippen molar-refractivity contribution in [3.8, 4) is 0 Å². The quantitative estimate of drug-likeness (QED) is 0.754. The Bertz CT molecular complexity index is 394. The first-order chi connectivity index (χ1) is 8.31. The molecule has 92 valence electrons. The SMILES string of the molecule is BrC1CCN(Cc2ccc3c(c2)CCC3)CC1. The number of halogens is 1. The summed E-state index contributed by atoms with van der Waals surface area (Å²) in [6.07, 6.45) is 6.54. The van der Waals surface area contributed by atoms with Crippen molar-refractivity contribution in [1.82, 2.24) is 4.90 Å². The van der Waals surface area contributed by atoms with Crippen LogP contribution in [0, 0.1) is 0 Å². The second-order valence-electron chi connectivity index (χ2n) is 5.41. The average Bonchev–Trinajstić information content (AvgIpc) is 2.79. The summed E-state index contributed by atoms with van der Waals surface area (Å²) in [5.41, 5.74) is 4.71. The molecule has 17 heavy (non-hydrogen) atoms. The van der Waals surface area contributed by atoms with Crippen LogP contribution in [0.4, 0.5) is 0 Å². The minimum atomic E-state index is 0.749. The van der Waals surface area contributed by atoms with Gasteiger partial charge in [-0.1, -0.05) is 34.1 Å². The van der Waals surface area contributed by atoms with Crippen molar-refractivity contribution in [1.29, 1.82) is 0 Å². The Balaban J connectivity index is 1.65. The van der Waals surface area contributed by atoms with Gasteiger partial charge in [-0.15, -0.1) is 0 Å². The molecule has 1 aromatic carbocycles. The molecule has 0 radical (unpaired) electrons. The first-order valence-corrected chi connectivity index (χ1v) is 7.70. The number of fused-ring (bicyclic) bond motifs is 1. The first kappa shape index (κ1) is 11.7. The number of aryl methyl sites for hydroxylation is 2. The molecule has 0 saturated carbocycles. The summed E-state index contributed by atoms with van der Waals surface area (Å²) in [6, 6.07) is 7.14. The molecule has 0 spiro atoms. The van der Waals surface area contributed by atoms with E-state index >= 15 is 0 Å². The monoisotopic (exact) mass is 293 g/mol. The maximum Gasteiger partial charge on any atom is 0.0233 e. The summed E-state index contributed by atoms with van der Waals surface area (Å²) in [5, 5.41) is 0. The van der Waals surface area contributed by atoms with Crippen molar-refractivity contribution in [2.75, 3.05) is 13.1 Å². The van der Waals surface area contributed by atoms with Gasteiger partial charge >= 0.3 is 0 Å². The van der Waals surface area contributed by atoms with E-state index in [1.807, 2.05) is 0 Å². The largest absolute Gasteiger partial charge is 0.299 e. The fraction of sp³-hybridized carbons (Fsp3) is 0.600. The summed E-state index contributed by atoms with van der Waals surface area (Å²) >= 11 is 3.72.